The molecular weight excluding hydrogens is 332 g/mol. The predicted octanol–water partition coefficient (Wildman–Crippen LogP) is 2.64. The van der Waals surface area contributed by atoms with Gasteiger partial charge in [-0.15, -0.1) is 5.10 Å². The standard InChI is InChI=1S/C15H15BrN4O/c16-13-5-1-12(2-6-13)10-21-14-7-3-11(4-8-14)9-19-20-15(17)18/h1-9H,10H2,(H4,17,18,20)/b19-9-. The molecule has 0 atom stereocenters. The van der Waals surface area contributed by atoms with E-state index in [4.69, 9.17) is 16.2 Å². The first-order chi connectivity index (χ1) is 10.1. The largest absolute Gasteiger partial charge is 0.489 e. The van der Waals surface area contributed by atoms with Gasteiger partial charge in [-0.25, -0.2) is 0 Å². The number of benzene rings is 2. The van der Waals surface area contributed by atoms with E-state index in [0.717, 1.165) is 21.3 Å². The molecule has 4 N–H and O–H groups in total. The van der Waals surface area contributed by atoms with Crippen LogP contribution >= 0.6 is 15.9 Å². The lowest BCUT2D eigenvalue weighted by atomic mass is 10.2. The van der Waals surface area contributed by atoms with Crippen LogP contribution in [0.3, 0.4) is 0 Å². The monoisotopic (exact) mass is 346 g/mol. The Bertz CT molecular complexity index is 632. The number of hydrogen-bond donors (Lipinski definition) is 2. The van der Waals surface area contributed by atoms with Gasteiger partial charge in [-0.05, 0) is 47.5 Å². The summed E-state index contributed by atoms with van der Waals surface area (Å²) in [5.41, 5.74) is 12.3. The summed E-state index contributed by atoms with van der Waals surface area (Å²) < 4.78 is 6.75. The zero-order valence-corrected chi connectivity index (χ0v) is 12.8. The Hall–Kier alpha value is -2.34. The molecule has 0 spiro atoms. The lowest BCUT2D eigenvalue weighted by molar-refractivity contribution is 0.306. The minimum absolute atomic E-state index is 0.0688. The summed E-state index contributed by atoms with van der Waals surface area (Å²) in [7, 11) is 0. The second-order valence-electron chi connectivity index (χ2n) is 4.25. The molecule has 0 bridgehead atoms. The van der Waals surface area contributed by atoms with Crippen LogP contribution in [0, 0.1) is 0 Å². The van der Waals surface area contributed by atoms with E-state index >= 15 is 0 Å². The van der Waals surface area contributed by atoms with Crippen molar-refractivity contribution in [2.45, 2.75) is 6.61 Å². The number of hydrogen-bond acceptors (Lipinski definition) is 3. The smallest absolute Gasteiger partial charge is 0.211 e. The first-order valence-electron chi connectivity index (χ1n) is 6.23. The second kappa shape index (κ2) is 7.44. The third-order valence-electron chi connectivity index (χ3n) is 2.58. The molecular formula is C15H15BrN4O. The first-order valence-corrected chi connectivity index (χ1v) is 7.02. The fraction of sp³-hybridized carbons (Fsp3) is 0.0667. The Balaban J connectivity index is 1.91. The zero-order valence-electron chi connectivity index (χ0n) is 11.2. The van der Waals surface area contributed by atoms with E-state index in [1.54, 1.807) is 6.21 Å². The molecule has 5 nitrogen and oxygen atoms in total. The predicted molar refractivity (Wildman–Crippen MR) is 88.3 cm³/mol. The number of guanidine groups is 1. The van der Waals surface area contributed by atoms with Gasteiger partial charge in [0.15, 0.2) is 0 Å². The maximum Gasteiger partial charge on any atom is 0.211 e. The van der Waals surface area contributed by atoms with Gasteiger partial charge in [-0.3, -0.25) is 0 Å². The number of nitrogens with two attached hydrogens (primary N) is 2. The van der Waals surface area contributed by atoms with Crippen molar-refractivity contribution < 1.29 is 4.74 Å². The van der Waals surface area contributed by atoms with Crippen LogP contribution in [0.15, 0.2) is 63.2 Å². The van der Waals surface area contributed by atoms with Crippen molar-refractivity contribution in [2.75, 3.05) is 0 Å². The summed E-state index contributed by atoms with van der Waals surface area (Å²) in [6, 6.07) is 15.5. The van der Waals surface area contributed by atoms with Gasteiger partial charge in [0.1, 0.15) is 12.4 Å². The van der Waals surface area contributed by atoms with E-state index in [-0.39, 0.29) is 5.96 Å². The Morgan fingerprint density at radius 3 is 2.33 bits per heavy atom. The molecule has 2 aromatic rings. The summed E-state index contributed by atoms with van der Waals surface area (Å²) in [5.74, 6) is 0.720. The molecule has 6 heteroatoms. The minimum atomic E-state index is -0.0688. The highest BCUT2D eigenvalue weighted by Crippen LogP contribution is 2.15. The number of nitrogens with zero attached hydrogens (tertiary/aromatic N) is 2. The molecule has 0 aliphatic rings. The van der Waals surface area contributed by atoms with Gasteiger partial charge >= 0.3 is 0 Å². The average molecular weight is 347 g/mol. The van der Waals surface area contributed by atoms with Crippen molar-refractivity contribution in [3.63, 3.8) is 0 Å². The summed E-state index contributed by atoms with van der Waals surface area (Å²) in [6.45, 7) is 0.523. The van der Waals surface area contributed by atoms with E-state index in [2.05, 4.69) is 26.1 Å². The average Bonchev–Trinajstić information content (AvgIpc) is 2.48. The lowest BCUT2D eigenvalue weighted by Gasteiger charge is -2.06. The van der Waals surface area contributed by atoms with Gasteiger partial charge in [0, 0.05) is 4.47 Å². The van der Waals surface area contributed by atoms with Gasteiger partial charge in [-0.1, -0.05) is 28.1 Å². The number of ether oxygens (including phenoxy) is 1. The fourth-order valence-electron chi connectivity index (χ4n) is 1.56. The van der Waals surface area contributed by atoms with E-state index < -0.39 is 0 Å². The quantitative estimate of drug-likeness (QED) is 0.495. The highest BCUT2D eigenvalue weighted by Gasteiger charge is 1.96. The van der Waals surface area contributed by atoms with Crippen LogP contribution in [-0.4, -0.2) is 12.2 Å². The minimum Gasteiger partial charge on any atom is -0.489 e. The molecule has 0 saturated heterocycles. The van der Waals surface area contributed by atoms with Gasteiger partial charge in [0.05, 0.1) is 6.21 Å². The van der Waals surface area contributed by atoms with E-state index in [1.807, 2.05) is 48.5 Å². The van der Waals surface area contributed by atoms with Gasteiger partial charge in [0.2, 0.25) is 5.96 Å². The number of rotatable bonds is 5. The maximum absolute atomic E-state index is 5.70. The zero-order chi connectivity index (χ0) is 15.1. The SMILES string of the molecule is NC(N)=N/N=C\c1ccc(OCc2ccc(Br)cc2)cc1. The summed E-state index contributed by atoms with van der Waals surface area (Å²) >= 11 is 3.40. The van der Waals surface area contributed by atoms with Crippen LogP contribution in [0.25, 0.3) is 0 Å². The molecule has 0 heterocycles. The third-order valence-corrected chi connectivity index (χ3v) is 3.11. The molecule has 0 aliphatic heterocycles. The van der Waals surface area contributed by atoms with Crippen molar-refractivity contribution in [1.29, 1.82) is 0 Å². The Kier molecular flexibility index (Phi) is 5.34. The summed E-state index contributed by atoms with van der Waals surface area (Å²) in [4.78, 5) is 0. The maximum atomic E-state index is 5.70. The summed E-state index contributed by atoms with van der Waals surface area (Å²) in [5, 5.41) is 7.27. The first kappa shape index (κ1) is 15.1. The van der Waals surface area contributed by atoms with Crippen molar-refractivity contribution in [3.8, 4) is 5.75 Å². The van der Waals surface area contributed by atoms with Gasteiger partial charge in [-0.2, -0.15) is 5.10 Å². The highest BCUT2D eigenvalue weighted by atomic mass is 79.9. The topological polar surface area (TPSA) is 86.0 Å². The van der Waals surface area contributed by atoms with Crippen LogP contribution in [0.4, 0.5) is 0 Å². The molecule has 21 heavy (non-hydrogen) atoms. The van der Waals surface area contributed by atoms with Crippen molar-refractivity contribution >= 4 is 28.1 Å². The molecule has 0 unspecified atom stereocenters. The molecule has 0 saturated carbocycles. The Morgan fingerprint density at radius 2 is 1.71 bits per heavy atom. The molecule has 0 aromatic heterocycles. The van der Waals surface area contributed by atoms with Gasteiger partial charge < -0.3 is 16.2 Å². The summed E-state index contributed by atoms with van der Waals surface area (Å²) in [6.07, 6.45) is 1.57. The van der Waals surface area contributed by atoms with Crippen molar-refractivity contribution in [1.82, 2.24) is 0 Å². The van der Waals surface area contributed by atoms with Gasteiger partial charge in [0.25, 0.3) is 0 Å². The van der Waals surface area contributed by atoms with E-state index in [0.29, 0.717) is 6.61 Å². The molecule has 2 aromatic carbocycles. The molecule has 0 radical (unpaired) electrons. The fourth-order valence-corrected chi connectivity index (χ4v) is 1.82. The van der Waals surface area contributed by atoms with E-state index in [1.165, 1.54) is 0 Å². The third kappa shape index (κ3) is 5.27. The van der Waals surface area contributed by atoms with Crippen LogP contribution in [0.2, 0.25) is 0 Å². The van der Waals surface area contributed by atoms with E-state index in [9.17, 15) is 0 Å². The Morgan fingerprint density at radius 1 is 1.05 bits per heavy atom. The van der Waals surface area contributed by atoms with Crippen LogP contribution in [-0.2, 0) is 6.61 Å². The van der Waals surface area contributed by atoms with Crippen molar-refractivity contribution in [3.05, 3.63) is 64.1 Å². The molecule has 0 amide bonds. The molecule has 0 fully saturated rings. The lowest BCUT2D eigenvalue weighted by Crippen LogP contribution is -2.21. The Labute approximate surface area is 131 Å². The van der Waals surface area contributed by atoms with Crippen LogP contribution in [0.5, 0.6) is 5.75 Å². The highest BCUT2D eigenvalue weighted by molar-refractivity contribution is 9.10. The van der Waals surface area contributed by atoms with Crippen LogP contribution < -0.4 is 16.2 Å². The van der Waals surface area contributed by atoms with Crippen molar-refractivity contribution in [2.24, 2.45) is 21.7 Å². The molecule has 108 valence electrons. The molecule has 2 rings (SSSR count). The second-order valence-corrected chi connectivity index (χ2v) is 5.17. The molecule has 0 aliphatic carbocycles. The normalized spacial score (nSPS) is 10.5. The number of halogens is 1. The van der Waals surface area contributed by atoms with Crippen LogP contribution in [0.1, 0.15) is 11.1 Å².